The fourth-order valence-electron chi connectivity index (χ4n) is 3.58. The topological polar surface area (TPSA) is 66.8 Å². The molecule has 2 aromatic rings. The molecule has 0 aliphatic heterocycles. The maximum atomic E-state index is 12.1. The number of allylic oxidation sites excluding steroid dienone is 12. The number of carbonyl (C=O) groups excluding carboxylic acids is 1. The maximum Gasteiger partial charge on any atom is 0.311 e. The van der Waals surface area contributed by atoms with Crippen molar-refractivity contribution in [1.82, 2.24) is 0 Å². The van der Waals surface area contributed by atoms with Crippen LogP contribution in [0.1, 0.15) is 69.4 Å². The number of hydrogen-bond donors (Lipinski definition) is 2. The van der Waals surface area contributed by atoms with Gasteiger partial charge in [0.25, 0.3) is 0 Å². The predicted molar refractivity (Wildman–Crippen MR) is 168 cm³/mol. The minimum absolute atomic E-state index is 0.00549. The zero-order chi connectivity index (χ0) is 28.7. The van der Waals surface area contributed by atoms with Crippen LogP contribution in [0.25, 0.3) is 12.2 Å². The molecule has 2 aromatic carbocycles. The second-order valence-corrected chi connectivity index (χ2v) is 9.11. The summed E-state index contributed by atoms with van der Waals surface area (Å²) in [4.78, 5) is 12.1. The van der Waals surface area contributed by atoms with Crippen LogP contribution in [-0.4, -0.2) is 16.2 Å². The van der Waals surface area contributed by atoms with Crippen molar-refractivity contribution in [2.24, 2.45) is 0 Å². The molecule has 4 nitrogen and oxygen atoms in total. The summed E-state index contributed by atoms with van der Waals surface area (Å²) >= 11 is 0. The van der Waals surface area contributed by atoms with E-state index < -0.39 is 0 Å². The fraction of sp³-hybridized carbons (Fsp3) is 0.250. The van der Waals surface area contributed by atoms with Gasteiger partial charge in [-0.25, -0.2) is 0 Å². The Hall–Kier alpha value is -4.31. The van der Waals surface area contributed by atoms with E-state index in [4.69, 9.17) is 4.74 Å². The van der Waals surface area contributed by atoms with Crippen molar-refractivity contribution in [3.05, 3.63) is 127 Å². The number of aromatic hydroxyl groups is 2. The van der Waals surface area contributed by atoms with Gasteiger partial charge in [0.05, 0.1) is 0 Å². The highest BCUT2D eigenvalue weighted by Crippen LogP contribution is 2.22. The van der Waals surface area contributed by atoms with E-state index in [-0.39, 0.29) is 17.5 Å². The molecule has 0 saturated carbocycles. The number of hydrogen-bond acceptors (Lipinski definition) is 4. The highest BCUT2D eigenvalue weighted by molar-refractivity contribution is 5.73. The SMILES string of the molecule is CCC=CCC=CCC=CCC=CCC=CCC=CCCC(=O)Oc1ccc(C=Cc2cc(O)cc(O)c2)cc1. The number of rotatable bonds is 17. The van der Waals surface area contributed by atoms with Gasteiger partial charge in [-0.05, 0) is 80.3 Å². The summed E-state index contributed by atoms with van der Waals surface area (Å²) in [5, 5.41) is 19.1. The third-order valence-corrected chi connectivity index (χ3v) is 5.62. The molecule has 0 fully saturated rings. The Balaban J connectivity index is 1.54. The first-order valence-electron chi connectivity index (χ1n) is 14.0. The quantitative estimate of drug-likeness (QED) is 0.0910. The Bertz CT molecular complexity index is 1190. The molecule has 4 heteroatoms. The lowest BCUT2D eigenvalue weighted by Gasteiger charge is -2.04. The van der Waals surface area contributed by atoms with Crippen LogP contribution in [-0.2, 0) is 4.79 Å². The van der Waals surface area contributed by atoms with Crippen LogP contribution in [0, 0.1) is 0 Å². The first-order valence-corrected chi connectivity index (χ1v) is 14.0. The molecule has 0 aliphatic rings. The van der Waals surface area contributed by atoms with E-state index in [0.717, 1.165) is 44.1 Å². The zero-order valence-corrected chi connectivity index (χ0v) is 23.5. The summed E-state index contributed by atoms with van der Waals surface area (Å²) < 4.78 is 5.41. The van der Waals surface area contributed by atoms with Crippen LogP contribution in [0.15, 0.2) is 115 Å². The Kier molecular flexibility index (Phi) is 16.5. The molecule has 0 spiro atoms. The summed E-state index contributed by atoms with van der Waals surface area (Å²) in [6, 6.07) is 11.6. The summed E-state index contributed by atoms with van der Waals surface area (Å²) in [6.45, 7) is 2.15. The second kappa shape index (κ2) is 20.6. The zero-order valence-electron chi connectivity index (χ0n) is 23.5. The number of carbonyl (C=O) groups is 1. The van der Waals surface area contributed by atoms with Crippen molar-refractivity contribution < 1.29 is 19.7 Å². The Morgan fingerprint density at radius 1 is 0.625 bits per heavy atom. The fourth-order valence-corrected chi connectivity index (χ4v) is 3.58. The minimum atomic E-state index is -0.266. The average molecular weight is 539 g/mol. The number of phenols is 2. The lowest BCUT2D eigenvalue weighted by atomic mass is 10.1. The smallest absolute Gasteiger partial charge is 0.311 e. The van der Waals surface area contributed by atoms with E-state index in [9.17, 15) is 15.0 Å². The molecule has 0 bridgehead atoms. The number of esters is 1. The molecule has 0 amide bonds. The normalized spacial score (nSPS) is 12.5. The van der Waals surface area contributed by atoms with Gasteiger partial charge in [-0.2, -0.15) is 0 Å². The van der Waals surface area contributed by atoms with E-state index in [1.165, 1.54) is 6.07 Å². The molecule has 40 heavy (non-hydrogen) atoms. The first kappa shape index (κ1) is 31.9. The van der Waals surface area contributed by atoms with Crippen LogP contribution in [0.2, 0.25) is 0 Å². The van der Waals surface area contributed by atoms with Gasteiger partial charge in [-0.15, -0.1) is 0 Å². The third kappa shape index (κ3) is 15.8. The summed E-state index contributed by atoms with van der Waals surface area (Å²) in [6.07, 6.45) is 36.3. The van der Waals surface area contributed by atoms with Gasteiger partial charge in [0.1, 0.15) is 17.2 Å². The lowest BCUT2D eigenvalue weighted by molar-refractivity contribution is -0.134. The molecule has 0 radical (unpaired) electrons. The summed E-state index contributed by atoms with van der Waals surface area (Å²) in [5.74, 6) is 0.245. The Morgan fingerprint density at radius 2 is 1.07 bits per heavy atom. The molecule has 0 aromatic heterocycles. The summed E-state index contributed by atoms with van der Waals surface area (Å²) in [5.41, 5.74) is 1.59. The molecule has 2 rings (SSSR count). The molecular weight excluding hydrogens is 496 g/mol. The molecule has 2 N–H and O–H groups in total. The lowest BCUT2D eigenvalue weighted by Crippen LogP contribution is -2.06. The average Bonchev–Trinajstić information content (AvgIpc) is 2.93. The standard InChI is InChI=1S/C36H42O4/c1-2-3-4-5-6-7-8-9-10-11-12-13-14-15-16-17-18-19-20-21-36(39)40-35-26-24-31(25-27-35)22-23-32-28-33(37)30-34(38)29-32/h3-4,6-7,9-10,12-13,15-16,18-19,22-30,37-38H,2,5,8,11,14,17,20-21H2,1H3. The van der Waals surface area contributed by atoms with E-state index in [2.05, 4.69) is 73.8 Å². The molecule has 0 unspecified atom stereocenters. The van der Waals surface area contributed by atoms with Gasteiger partial charge in [-0.1, -0.05) is 104 Å². The largest absolute Gasteiger partial charge is 0.508 e. The van der Waals surface area contributed by atoms with Gasteiger partial charge in [-0.3, -0.25) is 4.79 Å². The van der Waals surface area contributed by atoms with Gasteiger partial charge in [0.2, 0.25) is 0 Å². The minimum Gasteiger partial charge on any atom is -0.508 e. The molecule has 0 heterocycles. The molecule has 0 aliphatic carbocycles. The summed E-state index contributed by atoms with van der Waals surface area (Å²) in [7, 11) is 0. The second-order valence-electron chi connectivity index (χ2n) is 9.11. The Morgan fingerprint density at radius 3 is 1.57 bits per heavy atom. The third-order valence-electron chi connectivity index (χ3n) is 5.62. The Labute approximate surface area is 239 Å². The molecule has 210 valence electrons. The van der Waals surface area contributed by atoms with Gasteiger partial charge < -0.3 is 14.9 Å². The highest BCUT2D eigenvalue weighted by atomic mass is 16.5. The first-order chi connectivity index (χ1) is 19.6. The van der Waals surface area contributed by atoms with Crippen LogP contribution >= 0.6 is 0 Å². The van der Waals surface area contributed by atoms with Gasteiger partial charge in [0.15, 0.2) is 0 Å². The monoisotopic (exact) mass is 538 g/mol. The molecule has 0 atom stereocenters. The highest BCUT2D eigenvalue weighted by Gasteiger charge is 2.03. The van der Waals surface area contributed by atoms with Crippen LogP contribution < -0.4 is 4.74 Å². The van der Waals surface area contributed by atoms with E-state index >= 15 is 0 Å². The van der Waals surface area contributed by atoms with Crippen LogP contribution in [0.3, 0.4) is 0 Å². The number of phenolic OH excluding ortho intramolecular Hbond substituents is 2. The van der Waals surface area contributed by atoms with Crippen LogP contribution in [0.4, 0.5) is 0 Å². The van der Waals surface area contributed by atoms with Crippen molar-refractivity contribution in [3.8, 4) is 17.2 Å². The molecular formula is C36H42O4. The molecule has 0 saturated heterocycles. The van der Waals surface area contributed by atoms with E-state index in [1.807, 2.05) is 24.3 Å². The van der Waals surface area contributed by atoms with Crippen LogP contribution in [0.5, 0.6) is 17.2 Å². The predicted octanol–water partition coefficient (Wildman–Crippen LogP) is 9.65. The van der Waals surface area contributed by atoms with Crippen molar-refractivity contribution in [2.45, 2.75) is 58.3 Å². The van der Waals surface area contributed by atoms with E-state index in [0.29, 0.717) is 24.2 Å². The van der Waals surface area contributed by atoms with Crippen molar-refractivity contribution in [1.29, 1.82) is 0 Å². The van der Waals surface area contributed by atoms with Crippen molar-refractivity contribution in [3.63, 3.8) is 0 Å². The van der Waals surface area contributed by atoms with Gasteiger partial charge >= 0.3 is 5.97 Å². The maximum absolute atomic E-state index is 12.1. The van der Waals surface area contributed by atoms with Crippen molar-refractivity contribution >= 4 is 18.1 Å². The van der Waals surface area contributed by atoms with Gasteiger partial charge in [0, 0.05) is 12.5 Å². The number of ether oxygens (including phenoxy) is 1. The van der Waals surface area contributed by atoms with E-state index in [1.54, 1.807) is 30.3 Å². The number of benzene rings is 2. The van der Waals surface area contributed by atoms with Crippen molar-refractivity contribution in [2.75, 3.05) is 0 Å².